The number of ether oxygens (including phenoxy) is 1. The van der Waals surface area contributed by atoms with Gasteiger partial charge in [0.05, 0.1) is 12.2 Å². The van der Waals surface area contributed by atoms with Crippen LogP contribution in [0.1, 0.15) is 27.7 Å². The summed E-state index contributed by atoms with van der Waals surface area (Å²) in [5.74, 6) is 1.47. The Hall–Kier alpha value is -0.0400. The van der Waals surface area contributed by atoms with E-state index in [9.17, 15) is 0 Å². The molecule has 1 saturated heterocycles. The van der Waals surface area contributed by atoms with Gasteiger partial charge in [0, 0.05) is 0 Å². The highest BCUT2D eigenvalue weighted by Crippen LogP contribution is 2.30. The van der Waals surface area contributed by atoms with Crippen LogP contribution in [0.3, 0.4) is 0 Å². The topological polar surface area (TPSA) is 9.23 Å². The lowest BCUT2D eigenvalue weighted by molar-refractivity contribution is 0.0524. The van der Waals surface area contributed by atoms with E-state index in [1.807, 2.05) is 0 Å². The van der Waals surface area contributed by atoms with Gasteiger partial charge in [0.1, 0.15) is 0 Å². The Labute approximate surface area is 57.4 Å². The molecule has 1 nitrogen and oxygen atoms in total. The predicted molar refractivity (Wildman–Crippen MR) is 38.3 cm³/mol. The third-order valence-corrected chi connectivity index (χ3v) is 2.74. The van der Waals surface area contributed by atoms with Crippen LogP contribution in [0.25, 0.3) is 0 Å². The third-order valence-electron chi connectivity index (χ3n) is 2.74. The second kappa shape index (κ2) is 2.30. The Kier molecular flexibility index (Phi) is 1.80. The molecule has 1 aliphatic heterocycles. The second-order valence-electron chi connectivity index (χ2n) is 3.26. The van der Waals surface area contributed by atoms with E-state index in [-0.39, 0.29) is 0 Å². The summed E-state index contributed by atoms with van der Waals surface area (Å²) >= 11 is 0. The molecule has 0 bridgehead atoms. The van der Waals surface area contributed by atoms with Crippen molar-refractivity contribution >= 4 is 0 Å². The van der Waals surface area contributed by atoms with Gasteiger partial charge < -0.3 is 4.74 Å². The van der Waals surface area contributed by atoms with E-state index in [2.05, 4.69) is 27.7 Å². The highest BCUT2D eigenvalue weighted by molar-refractivity contribution is 4.80. The maximum atomic E-state index is 5.59. The van der Waals surface area contributed by atoms with Crippen molar-refractivity contribution in [2.24, 2.45) is 11.8 Å². The highest BCUT2D eigenvalue weighted by Gasteiger charge is 2.32. The van der Waals surface area contributed by atoms with Gasteiger partial charge in [-0.3, -0.25) is 0 Å². The van der Waals surface area contributed by atoms with Crippen LogP contribution in [0, 0.1) is 11.8 Å². The fourth-order valence-electron chi connectivity index (χ4n) is 1.44. The van der Waals surface area contributed by atoms with Crippen molar-refractivity contribution in [1.29, 1.82) is 0 Å². The van der Waals surface area contributed by atoms with Gasteiger partial charge in [-0.25, -0.2) is 0 Å². The largest absolute Gasteiger partial charge is 0.375 e. The molecular formula is C8H16O. The fourth-order valence-corrected chi connectivity index (χ4v) is 1.44. The van der Waals surface area contributed by atoms with Crippen LogP contribution in [0.2, 0.25) is 0 Å². The van der Waals surface area contributed by atoms with Gasteiger partial charge in [0.2, 0.25) is 0 Å². The van der Waals surface area contributed by atoms with Crippen molar-refractivity contribution in [2.45, 2.75) is 39.9 Å². The minimum absolute atomic E-state index is 0.468. The first-order chi connectivity index (χ1) is 4.13. The first-order valence-corrected chi connectivity index (χ1v) is 3.78. The van der Waals surface area contributed by atoms with E-state index in [0.717, 1.165) is 11.8 Å². The summed E-state index contributed by atoms with van der Waals surface area (Å²) in [6.07, 6.45) is 0.935. The zero-order valence-electron chi connectivity index (χ0n) is 6.72. The Balaban J connectivity index is 2.54. The van der Waals surface area contributed by atoms with Crippen LogP contribution in [-0.4, -0.2) is 12.2 Å². The molecule has 1 aliphatic rings. The molecule has 1 heterocycles. The number of hydrogen-bond acceptors (Lipinski definition) is 1. The maximum absolute atomic E-state index is 5.59. The third kappa shape index (κ3) is 1.11. The van der Waals surface area contributed by atoms with E-state index >= 15 is 0 Å². The van der Waals surface area contributed by atoms with Gasteiger partial charge in [0.25, 0.3) is 0 Å². The molecule has 54 valence electrons. The van der Waals surface area contributed by atoms with Crippen molar-refractivity contribution in [3.05, 3.63) is 0 Å². The molecule has 0 amide bonds. The Morgan fingerprint density at radius 1 is 0.778 bits per heavy atom. The average molecular weight is 128 g/mol. The van der Waals surface area contributed by atoms with Gasteiger partial charge in [-0.1, -0.05) is 13.8 Å². The standard InChI is InChI=1S/C8H16O/c1-5-6(2)8(4)9-7(5)3/h5-8H,1-4H3/t5?,6?,7-,8+. The van der Waals surface area contributed by atoms with E-state index < -0.39 is 0 Å². The molecular weight excluding hydrogens is 112 g/mol. The van der Waals surface area contributed by atoms with Crippen molar-refractivity contribution < 1.29 is 4.74 Å². The molecule has 0 aromatic rings. The molecule has 9 heavy (non-hydrogen) atoms. The molecule has 0 saturated carbocycles. The van der Waals surface area contributed by atoms with Crippen molar-refractivity contribution in [3.8, 4) is 0 Å². The Morgan fingerprint density at radius 3 is 1.22 bits per heavy atom. The lowest BCUT2D eigenvalue weighted by Crippen LogP contribution is -2.12. The number of hydrogen-bond donors (Lipinski definition) is 0. The van der Waals surface area contributed by atoms with Crippen molar-refractivity contribution in [3.63, 3.8) is 0 Å². The van der Waals surface area contributed by atoms with Gasteiger partial charge >= 0.3 is 0 Å². The zero-order valence-corrected chi connectivity index (χ0v) is 6.72. The Morgan fingerprint density at radius 2 is 1.11 bits per heavy atom. The Bertz CT molecular complexity index is 88.7. The molecule has 0 aliphatic carbocycles. The first kappa shape index (κ1) is 7.07. The quantitative estimate of drug-likeness (QED) is 0.485. The average Bonchev–Trinajstić information content (AvgIpc) is 1.98. The number of rotatable bonds is 0. The molecule has 1 rings (SSSR count). The maximum Gasteiger partial charge on any atom is 0.0579 e. The lowest BCUT2D eigenvalue weighted by Gasteiger charge is -2.10. The molecule has 1 heteroatoms. The van der Waals surface area contributed by atoms with Crippen LogP contribution in [-0.2, 0) is 4.74 Å². The summed E-state index contributed by atoms with van der Waals surface area (Å²) in [6, 6.07) is 0. The molecule has 1 fully saturated rings. The van der Waals surface area contributed by atoms with Gasteiger partial charge in [-0.2, -0.15) is 0 Å². The fraction of sp³-hybridized carbons (Fsp3) is 1.00. The first-order valence-electron chi connectivity index (χ1n) is 3.78. The lowest BCUT2D eigenvalue weighted by atomic mass is 9.92. The monoisotopic (exact) mass is 128 g/mol. The molecule has 0 radical (unpaired) electrons. The van der Waals surface area contributed by atoms with Crippen molar-refractivity contribution in [1.82, 2.24) is 0 Å². The SMILES string of the molecule is CC1C(C)[C@@H](C)O[C@H]1C. The van der Waals surface area contributed by atoms with E-state index in [1.54, 1.807) is 0 Å². The van der Waals surface area contributed by atoms with E-state index in [4.69, 9.17) is 4.74 Å². The predicted octanol–water partition coefficient (Wildman–Crippen LogP) is 2.07. The molecule has 0 N–H and O–H groups in total. The van der Waals surface area contributed by atoms with Gasteiger partial charge in [-0.05, 0) is 25.7 Å². The summed E-state index contributed by atoms with van der Waals surface area (Å²) in [5, 5.41) is 0. The summed E-state index contributed by atoms with van der Waals surface area (Å²) in [4.78, 5) is 0. The van der Waals surface area contributed by atoms with Crippen LogP contribution in [0.4, 0.5) is 0 Å². The normalized spacial score (nSPS) is 52.0. The highest BCUT2D eigenvalue weighted by atomic mass is 16.5. The van der Waals surface area contributed by atoms with Crippen LogP contribution < -0.4 is 0 Å². The summed E-state index contributed by atoms with van der Waals surface area (Å²) in [6.45, 7) is 8.84. The minimum Gasteiger partial charge on any atom is -0.375 e. The van der Waals surface area contributed by atoms with Crippen LogP contribution in [0.15, 0.2) is 0 Å². The minimum atomic E-state index is 0.468. The van der Waals surface area contributed by atoms with Crippen LogP contribution >= 0.6 is 0 Å². The van der Waals surface area contributed by atoms with Gasteiger partial charge in [-0.15, -0.1) is 0 Å². The smallest absolute Gasteiger partial charge is 0.0579 e. The molecule has 4 atom stereocenters. The zero-order chi connectivity index (χ0) is 7.02. The summed E-state index contributed by atoms with van der Waals surface area (Å²) in [7, 11) is 0. The summed E-state index contributed by atoms with van der Waals surface area (Å²) in [5.41, 5.74) is 0. The second-order valence-corrected chi connectivity index (χ2v) is 3.26. The molecule has 0 spiro atoms. The molecule has 0 aromatic heterocycles. The van der Waals surface area contributed by atoms with Gasteiger partial charge in [0.15, 0.2) is 0 Å². The van der Waals surface area contributed by atoms with Crippen molar-refractivity contribution in [2.75, 3.05) is 0 Å². The van der Waals surface area contributed by atoms with E-state index in [1.165, 1.54) is 0 Å². The molecule has 0 aromatic carbocycles. The van der Waals surface area contributed by atoms with E-state index in [0.29, 0.717) is 12.2 Å². The summed E-state index contributed by atoms with van der Waals surface area (Å²) < 4.78 is 5.59. The molecule has 2 unspecified atom stereocenters. The van der Waals surface area contributed by atoms with Crippen LogP contribution in [0.5, 0.6) is 0 Å².